The molecule has 0 aliphatic rings. The van der Waals surface area contributed by atoms with Gasteiger partial charge in [0.25, 0.3) is 11.8 Å². The second-order valence-corrected chi connectivity index (χ2v) is 8.13. The van der Waals surface area contributed by atoms with Crippen molar-refractivity contribution in [3.05, 3.63) is 34.9 Å². The van der Waals surface area contributed by atoms with Crippen molar-refractivity contribution in [2.24, 2.45) is 0 Å². The van der Waals surface area contributed by atoms with Gasteiger partial charge in [-0.1, -0.05) is 18.5 Å². The van der Waals surface area contributed by atoms with Gasteiger partial charge in [-0.05, 0) is 63.0 Å². The molecule has 2 N–H and O–H groups in total. The maximum absolute atomic E-state index is 12.4. The molecule has 2 amide bonds. The van der Waals surface area contributed by atoms with Crippen molar-refractivity contribution < 1.29 is 19.1 Å². The first-order chi connectivity index (χ1) is 12.7. The van der Waals surface area contributed by atoms with E-state index in [1.807, 2.05) is 27.0 Å². The topological polar surface area (TPSA) is 84.5 Å². The zero-order chi connectivity index (χ0) is 20.4. The number of esters is 1. The van der Waals surface area contributed by atoms with E-state index in [0.717, 1.165) is 6.42 Å². The van der Waals surface area contributed by atoms with Gasteiger partial charge in [0, 0.05) is 16.1 Å². The van der Waals surface area contributed by atoms with Crippen molar-refractivity contribution >= 4 is 41.1 Å². The molecule has 8 heteroatoms. The van der Waals surface area contributed by atoms with E-state index >= 15 is 0 Å². The molecule has 6 nitrogen and oxygen atoms in total. The number of ether oxygens (including phenoxy) is 1. The summed E-state index contributed by atoms with van der Waals surface area (Å²) < 4.78 is 5.11. The summed E-state index contributed by atoms with van der Waals surface area (Å²) in [5.74, 6) is -0.736. The monoisotopic (exact) mass is 414 g/mol. The van der Waals surface area contributed by atoms with Gasteiger partial charge in [0.15, 0.2) is 6.61 Å². The summed E-state index contributed by atoms with van der Waals surface area (Å²) >= 11 is 7.37. The van der Waals surface area contributed by atoms with Crippen LogP contribution in [0.5, 0.6) is 0 Å². The summed E-state index contributed by atoms with van der Waals surface area (Å²) in [5.41, 5.74) is 0.0219. The van der Waals surface area contributed by atoms with Gasteiger partial charge in [-0.25, -0.2) is 4.79 Å². The highest BCUT2D eigenvalue weighted by Gasteiger charge is 2.24. The van der Waals surface area contributed by atoms with Gasteiger partial charge in [0.2, 0.25) is 0 Å². The molecular formula is C19H27ClN2O4S. The molecule has 0 heterocycles. The van der Waals surface area contributed by atoms with Gasteiger partial charge in [0.05, 0.1) is 0 Å². The third kappa shape index (κ3) is 8.67. The minimum Gasteiger partial charge on any atom is -0.454 e. The number of nitrogens with one attached hydrogen (secondary N) is 2. The molecule has 0 unspecified atom stereocenters. The highest BCUT2D eigenvalue weighted by Crippen LogP contribution is 2.11. The largest absolute Gasteiger partial charge is 0.454 e. The smallest absolute Gasteiger partial charge is 0.329 e. The van der Waals surface area contributed by atoms with Crippen molar-refractivity contribution in [1.82, 2.24) is 10.6 Å². The average molecular weight is 415 g/mol. The Labute approximate surface area is 169 Å². The third-order valence-corrected chi connectivity index (χ3v) is 4.91. The van der Waals surface area contributed by atoms with Crippen LogP contribution in [0.3, 0.4) is 0 Å². The number of benzene rings is 1. The molecule has 0 spiro atoms. The Morgan fingerprint density at radius 3 is 2.41 bits per heavy atom. The molecule has 0 aliphatic heterocycles. The van der Waals surface area contributed by atoms with Gasteiger partial charge >= 0.3 is 5.97 Å². The fourth-order valence-corrected chi connectivity index (χ4v) is 2.66. The van der Waals surface area contributed by atoms with E-state index in [9.17, 15) is 14.4 Å². The normalized spacial score (nSPS) is 12.2. The molecule has 0 saturated carbocycles. The van der Waals surface area contributed by atoms with Crippen LogP contribution in [0.2, 0.25) is 5.02 Å². The molecule has 1 rings (SSSR count). The molecule has 150 valence electrons. The number of rotatable bonds is 10. The summed E-state index contributed by atoms with van der Waals surface area (Å²) in [6.07, 6.45) is 3.06. The average Bonchev–Trinajstić information content (AvgIpc) is 2.63. The Kier molecular flexibility index (Phi) is 9.66. The number of thioether (sulfide) groups is 1. The lowest BCUT2D eigenvalue weighted by Crippen LogP contribution is -2.46. The van der Waals surface area contributed by atoms with Crippen LogP contribution >= 0.6 is 23.4 Å². The summed E-state index contributed by atoms with van der Waals surface area (Å²) in [6.45, 7) is 5.35. The maximum atomic E-state index is 12.4. The van der Waals surface area contributed by atoms with Crippen LogP contribution in [-0.4, -0.2) is 48.0 Å². The van der Waals surface area contributed by atoms with Crippen LogP contribution in [0.25, 0.3) is 0 Å². The highest BCUT2D eigenvalue weighted by atomic mass is 35.5. The quantitative estimate of drug-likeness (QED) is 0.575. The molecule has 0 saturated heterocycles. The number of amides is 2. The Hall–Kier alpha value is -1.73. The first kappa shape index (κ1) is 23.3. The van der Waals surface area contributed by atoms with Crippen molar-refractivity contribution in [2.45, 2.75) is 45.2 Å². The zero-order valence-corrected chi connectivity index (χ0v) is 17.7. The van der Waals surface area contributed by atoms with Crippen LogP contribution in [0, 0.1) is 0 Å². The summed E-state index contributed by atoms with van der Waals surface area (Å²) in [5, 5.41) is 5.98. The minimum atomic E-state index is -0.826. The van der Waals surface area contributed by atoms with Crippen LogP contribution in [-0.2, 0) is 14.3 Å². The Morgan fingerprint density at radius 1 is 1.22 bits per heavy atom. The SMILES string of the molecule is CCC(C)(C)NC(=O)COC(=O)[C@@H](CCSC)NC(=O)c1ccc(Cl)cc1. The minimum absolute atomic E-state index is 0.370. The van der Waals surface area contributed by atoms with E-state index < -0.39 is 17.9 Å². The van der Waals surface area contributed by atoms with E-state index in [1.54, 1.807) is 36.0 Å². The van der Waals surface area contributed by atoms with Crippen molar-refractivity contribution in [3.63, 3.8) is 0 Å². The molecule has 1 aromatic rings. The molecule has 0 fully saturated rings. The standard InChI is InChI=1S/C19H27ClN2O4S/c1-5-19(2,3)22-16(23)12-26-18(25)15(10-11-27-4)21-17(24)13-6-8-14(20)9-7-13/h6-9,15H,5,10-12H2,1-4H3,(H,21,24)(H,22,23)/t15-/m1/s1. The lowest BCUT2D eigenvalue weighted by Gasteiger charge is -2.24. The van der Waals surface area contributed by atoms with Crippen molar-refractivity contribution in [3.8, 4) is 0 Å². The highest BCUT2D eigenvalue weighted by molar-refractivity contribution is 7.98. The first-order valence-electron chi connectivity index (χ1n) is 8.71. The molecular weight excluding hydrogens is 388 g/mol. The fraction of sp³-hybridized carbons (Fsp3) is 0.526. The van der Waals surface area contributed by atoms with Gasteiger partial charge in [-0.15, -0.1) is 0 Å². The van der Waals surface area contributed by atoms with Gasteiger partial charge in [-0.3, -0.25) is 9.59 Å². The van der Waals surface area contributed by atoms with Crippen molar-refractivity contribution in [2.75, 3.05) is 18.6 Å². The number of carbonyl (C=O) groups is 3. The summed E-state index contributed by atoms with van der Waals surface area (Å²) in [4.78, 5) is 36.7. The van der Waals surface area contributed by atoms with Gasteiger partial charge in [0.1, 0.15) is 6.04 Å². The lowest BCUT2D eigenvalue weighted by molar-refractivity contribution is -0.150. The number of halogens is 1. The molecule has 0 radical (unpaired) electrons. The third-order valence-electron chi connectivity index (χ3n) is 4.01. The zero-order valence-electron chi connectivity index (χ0n) is 16.1. The van der Waals surface area contributed by atoms with Crippen LogP contribution in [0.15, 0.2) is 24.3 Å². The predicted molar refractivity (Wildman–Crippen MR) is 109 cm³/mol. The Balaban J connectivity index is 2.66. The molecule has 1 aromatic carbocycles. The van der Waals surface area contributed by atoms with Crippen LogP contribution in [0.1, 0.15) is 44.0 Å². The molecule has 0 aromatic heterocycles. The van der Waals surface area contributed by atoms with E-state index in [2.05, 4.69) is 10.6 Å². The van der Waals surface area contributed by atoms with Crippen LogP contribution < -0.4 is 10.6 Å². The second-order valence-electron chi connectivity index (χ2n) is 6.71. The van der Waals surface area contributed by atoms with E-state index in [1.165, 1.54) is 0 Å². The van der Waals surface area contributed by atoms with Crippen LogP contribution in [0.4, 0.5) is 0 Å². The lowest BCUT2D eigenvalue weighted by atomic mass is 10.0. The Morgan fingerprint density at radius 2 is 1.85 bits per heavy atom. The predicted octanol–water partition coefficient (Wildman–Crippen LogP) is 3.04. The molecule has 0 bridgehead atoms. The molecule has 0 aliphatic carbocycles. The molecule has 1 atom stereocenters. The number of carbonyl (C=O) groups excluding carboxylic acids is 3. The van der Waals surface area contributed by atoms with Gasteiger partial charge in [-0.2, -0.15) is 11.8 Å². The first-order valence-corrected chi connectivity index (χ1v) is 10.5. The number of hydrogen-bond donors (Lipinski definition) is 2. The number of hydrogen-bond acceptors (Lipinski definition) is 5. The fourth-order valence-electron chi connectivity index (χ4n) is 2.07. The maximum Gasteiger partial charge on any atom is 0.329 e. The van der Waals surface area contributed by atoms with Crippen molar-refractivity contribution in [1.29, 1.82) is 0 Å². The van der Waals surface area contributed by atoms with E-state index in [0.29, 0.717) is 22.8 Å². The summed E-state index contributed by atoms with van der Waals surface area (Å²) in [7, 11) is 0. The molecule has 27 heavy (non-hydrogen) atoms. The van der Waals surface area contributed by atoms with E-state index in [4.69, 9.17) is 16.3 Å². The second kappa shape index (κ2) is 11.2. The Bertz CT molecular complexity index is 650. The summed E-state index contributed by atoms with van der Waals surface area (Å²) in [6, 6.07) is 5.54. The van der Waals surface area contributed by atoms with Gasteiger partial charge < -0.3 is 15.4 Å². The van der Waals surface area contributed by atoms with E-state index in [-0.39, 0.29) is 18.1 Å².